The van der Waals surface area contributed by atoms with E-state index < -0.39 is 10.0 Å². The van der Waals surface area contributed by atoms with Crippen LogP contribution in [0.1, 0.15) is 49.7 Å². The molecule has 0 saturated carbocycles. The van der Waals surface area contributed by atoms with Crippen molar-refractivity contribution in [1.82, 2.24) is 28.7 Å². The molecule has 8 nitrogen and oxygen atoms in total. The summed E-state index contributed by atoms with van der Waals surface area (Å²) < 4.78 is 27.3. The Hall–Kier alpha value is -1.84. The molecule has 2 fully saturated rings. The topological polar surface area (TPSA) is 84.2 Å². The second-order valence-corrected chi connectivity index (χ2v) is 10.2. The highest BCUT2D eigenvalue weighted by Crippen LogP contribution is 2.35. The van der Waals surface area contributed by atoms with Crippen molar-refractivity contribution in [1.29, 1.82) is 0 Å². The molecule has 29 heavy (non-hydrogen) atoms. The van der Waals surface area contributed by atoms with Crippen LogP contribution in [0.5, 0.6) is 0 Å². The molecule has 0 spiro atoms. The van der Waals surface area contributed by atoms with Crippen molar-refractivity contribution in [3.63, 3.8) is 0 Å². The van der Waals surface area contributed by atoms with Crippen LogP contribution in [0.15, 0.2) is 18.5 Å². The fraction of sp³-hybridized carbons (Fsp3) is 0.650. The van der Waals surface area contributed by atoms with E-state index in [1.807, 2.05) is 24.7 Å². The van der Waals surface area contributed by atoms with Gasteiger partial charge in [-0.25, -0.2) is 27.7 Å². The van der Waals surface area contributed by atoms with Crippen molar-refractivity contribution in [2.24, 2.45) is 7.05 Å². The highest BCUT2D eigenvalue weighted by atomic mass is 32.2. The lowest BCUT2D eigenvalue weighted by molar-refractivity contribution is 0.0626. The van der Waals surface area contributed by atoms with Crippen LogP contribution in [0.25, 0.3) is 11.5 Å². The van der Waals surface area contributed by atoms with Crippen LogP contribution in [0, 0.1) is 6.92 Å². The Labute approximate surface area is 173 Å². The van der Waals surface area contributed by atoms with Gasteiger partial charge in [0.25, 0.3) is 0 Å². The van der Waals surface area contributed by atoms with Gasteiger partial charge >= 0.3 is 0 Å². The zero-order chi connectivity index (χ0) is 20.6. The quantitative estimate of drug-likeness (QED) is 0.756. The molecule has 0 aliphatic carbocycles. The van der Waals surface area contributed by atoms with Gasteiger partial charge in [0.15, 0.2) is 5.82 Å². The van der Waals surface area contributed by atoms with Gasteiger partial charge in [0.2, 0.25) is 10.0 Å². The zero-order valence-electron chi connectivity index (χ0n) is 17.5. The average Bonchev–Trinajstić information content (AvgIpc) is 3.13. The molecule has 4 rings (SSSR count). The molecule has 4 heterocycles. The highest BCUT2D eigenvalue weighted by Gasteiger charge is 2.34. The van der Waals surface area contributed by atoms with Crippen LogP contribution >= 0.6 is 0 Å². The van der Waals surface area contributed by atoms with E-state index in [0.717, 1.165) is 48.8 Å². The van der Waals surface area contributed by atoms with E-state index in [9.17, 15) is 8.42 Å². The molecule has 0 N–H and O–H groups in total. The number of likely N-dealkylation sites (tertiary alicyclic amines) is 1. The minimum absolute atomic E-state index is 0.249. The molecule has 2 aliphatic rings. The Morgan fingerprint density at radius 3 is 2.48 bits per heavy atom. The third kappa shape index (κ3) is 4.36. The molecule has 9 heteroatoms. The SMILES string of the molecule is Cc1nc(-c2nccn2C)cc([C@H]2CCCCN2C2CCN(S(C)(=O)=O)CC2)n1. The van der Waals surface area contributed by atoms with Crippen molar-refractivity contribution in [3.05, 3.63) is 30.0 Å². The number of hydrogen-bond acceptors (Lipinski definition) is 6. The van der Waals surface area contributed by atoms with Gasteiger partial charge in [0.1, 0.15) is 11.5 Å². The fourth-order valence-corrected chi connectivity index (χ4v) is 5.58. The number of imidazole rings is 1. The molecule has 158 valence electrons. The van der Waals surface area contributed by atoms with Gasteiger partial charge < -0.3 is 4.57 Å². The van der Waals surface area contributed by atoms with Crippen LogP contribution in [0.4, 0.5) is 0 Å². The molecule has 2 aliphatic heterocycles. The minimum atomic E-state index is -3.10. The van der Waals surface area contributed by atoms with Crippen LogP contribution < -0.4 is 0 Å². The Morgan fingerprint density at radius 1 is 1.07 bits per heavy atom. The van der Waals surface area contributed by atoms with E-state index in [2.05, 4.69) is 20.9 Å². The first-order chi connectivity index (χ1) is 13.8. The lowest BCUT2D eigenvalue weighted by atomic mass is 9.93. The molecular weight excluding hydrogens is 388 g/mol. The Morgan fingerprint density at radius 2 is 1.83 bits per heavy atom. The molecule has 1 atom stereocenters. The van der Waals surface area contributed by atoms with Crippen molar-refractivity contribution in [3.8, 4) is 11.5 Å². The van der Waals surface area contributed by atoms with E-state index in [1.54, 1.807) is 10.5 Å². The first kappa shape index (κ1) is 20.4. The maximum absolute atomic E-state index is 11.9. The minimum Gasteiger partial charge on any atom is -0.333 e. The molecule has 2 saturated heterocycles. The van der Waals surface area contributed by atoms with Gasteiger partial charge in [-0.3, -0.25) is 4.90 Å². The van der Waals surface area contributed by atoms with E-state index in [4.69, 9.17) is 4.98 Å². The summed E-state index contributed by atoms with van der Waals surface area (Å²) in [4.78, 5) is 16.4. The summed E-state index contributed by atoms with van der Waals surface area (Å²) in [6, 6.07) is 2.73. The molecule has 0 radical (unpaired) electrons. The van der Waals surface area contributed by atoms with Gasteiger partial charge in [-0.05, 0) is 45.2 Å². The third-order valence-electron chi connectivity index (χ3n) is 6.16. The first-order valence-electron chi connectivity index (χ1n) is 10.4. The van der Waals surface area contributed by atoms with Crippen LogP contribution in [-0.2, 0) is 17.1 Å². The maximum atomic E-state index is 11.9. The molecule has 0 aromatic carbocycles. The van der Waals surface area contributed by atoms with Gasteiger partial charge in [-0.1, -0.05) is 6.42 Å². The number of aromatic nitrogens is 4. The predicted octanol–water partition coefficient (Wildman–Crippen LogP) is 2.14. The van der Waals surface area contributed by atoms with Crippen molar-refractivity contribution in [2.45, 2.75) is 51.1 Å². The van der Waals surface area contributed by atoms with E-state index in [-0.39, 0.29) is 6.04 Å². The molecule has 0 unspecified atom stereocenters. The van der Waals surface area contributed by atoms with Crippen molar-refractivity contribution < 1.29 is 8.42 Å². The number of rotatable bonds is 4. The fourth-order valence-electron chi connectivity index (χ4n) is 4.70. The summed E-state index contributed by atoms with van der Waals surface area (Å²) >= 11 is 0. The predicted molar refractivity (Wildman–Crippen MR) is 112 cm³/mol. The molecule has 2 aromatic heterocycles. The van der Waals surface area contributed by atoms with E-state index >= 15 is 0 Å². The molecule has 0 bridgehead atoms. The Balaban J connectivity index is 1.58. The van der Waals surface area contributed by atoms with Crippen molar-refractivity contribution in [2.75, 3.05) is 25.9 Å². The summed E-state index contributed by atoms with van der Waals surface area (Å²) in [6.07, 6.45) is 10.2. The van der Waals surface area contributed by atoms with Crippen molar-refractivity contribution >= 4 is 10.0 Å². The average molecular weight is 419 g/mol. The summed E-state index contributed by atoms with van der Waals surface area (Å²) in [5.41, 5.74) is 1.91. The van der Waals surface area contributed by atoms with Gasteiger partial charge in [0, 0.05) is 38.6 Å². The standard InChI is InChI=1S/C20H30N6O2S/c1-15-22-17(14-18(23-15)20-21-9-13-24(20)2)19-6-4-5-10-26(19)16-7-11-25(12-8-16)29(3,27)28/h9,13-14,16,19H,4-8,10-12H2,1-3H3/t19-/m1/s1. The molecule has 0 amide bonds. The highest BCUT2D eigenvalue weighted by molar-refractivity contribution is 7.88. The number of hydrogen-bond donors (Lipinski definition) is 0. The summed E-state index contributed by atoms with van der Waals surface area (Å²) in [6.45, 7) is 4.19. The number of sulfonamides is 1. The maximum Gasteiger partial charge on any atom is 0.211 e. The smallest absolute Gasteiger partial charge is 0.211 e. The first-order valence-corrected chi connectivity index (χ1v) is 12.2. The number of aryl methyl sites for hydroxylation is 2. The lowest BCUT2D eigenvalue weighted by Gasteiger charge is -2.44. The second kappa shape index (κ2) is 8.12. The summed E-state index contributed by atoms with van der Waals surface area (Å²) in [5, 5.41) is 0. The van der Waals surface area contributed by atoms with Gasteiger partial charge in [-0.15, -0.1) is 0 Å². The normalized spacial score (nSPS) is 22.8. The Kier molecular flexibility index (Phi) is 5.72. The van der Waals surface area contributed by atoms with E-state index in [0.29, 0.717) is 19.1 Å². The van der Waals surface area contributed by atoms with E-state index in [1.165, 1.54) is 19.1 Å². The number of piperidine rings is 2. The lowest BCUT2D eigenvalue weighted by Crippen LogP contribution is -2.49. The van der Waals surface area contributed by atoms with Gasteiger partial charge in [0.05, 0.1) is 18.0 Å². The van der Waals surface area contributed by atoms with Crippen LogP contribution in [0.3, 0.4) is 0 Å². The number of nitrogens with zero attached hydrogens (tertiary/aromatic N) is 6. The van der Waals surface area contributed by atoms with Gasteiger partial charge in [-0.2, -0.15) is 0 Å². The third-order valence-corrected chi connectivity index (χ3v) is 7.46. The zero-order valence-corrected chi connectivity index (χ0v) is 18.3. The van der Waals surface area contributed by atoms with Crippen LogP contribution in [0.2, 0.25) is 0 Å². The monoisotopic (exact) mass is 418 g/mol. The molecular formula is C20H30N6O2S. The largest absolute Gasteiger partial charge is 0.333 e. The molecule has 2 aromatic rings. The Bertz CT molecular complexity index is 965. The second-order valence-electron chi connectivity index (χ2n) is 8.23. The summed E-state index contributed by atoms with van der Waals surface area (Å²) in [5.74, 6) is 1.61. The summed E-state index contributed by atoms with van der Waals surface area (Å²) in [7, 11) is -1.13. The van der Waals surface area contributed by atoms with Crippen LogP contribution in [-0.4, -0.2) is 69.1 Å².